The van der Waals surface area contributed by atoms with Gasteiger partial charge in [-0.2, -0.15) is 0 Å². The van der Waals surface area contributed by atoms with Gasteiger partial charge in [0.2, 0.25) is 0 Å². The number of ether oxygens (including phenoxy) is 1. The van der Waals surface area contributed by atoms with E-state index in [9.17, 15) is 9.59 Å². The quantitative estimate of drug-likeness (QED) is 0.501. The molecule has 4 nitrogen and oxygen atoms in total. The van der Waals surface area contributed by atoms with Crippen LogP contribution in [0.25, 0.3) is 0 Å². The van der Waals surface area contributed by atoms with E-state index in [0.29, 0.717) is 19.4 Å². The number of unbranched alkanes of at least 4 members (excludes halogenated alkanes) is 1. The number of esters is 1. The van der Waals surface area contributed by atoms with Gasteiger partial charge in [0.05, 0.1) is 6.61 Å². The van der Waals surface area contributed by atoms with Crippen molar-refractivity contribution < 1.29 is 19.4 Å². The molecule has 0 fully saturated rings. The van der Waals surface area contributed by atoms with Crippen LogP contribution in [0.15, 0.2) is 0 Å². The molecule has 0 aliphatic rings. The highest BCUT2D eigenvalue weighted by Crippen LogP contribution is 2.16. The Bertz CT molecular complexity index is 218. The van der Waals surface area contributed by atoms with E-state index in [2.05, 4.69) is 0 Å². The molecule has 1 unspecified atom stereocenters. The van der Waals surface area contributed by atoms with E-state index in [0.717, 1.165) is 18.6 Å². The third kappa shape index (κ3) is 7.56. The number of rotatable bonds is 9. The molecule has 0 saturated carbocycles. The molecule has 16 heavy (non-hydrogen) atoms. The number of carboxylic acid groups (broad SMARTS) is 1. The highest BCUT2D eigenvalue weighted by Gasteiger charge is 2.14. The summed E-state index contributed by atoms with van der Waals surface area (Å²) in [6, 6.07) is 0. The lowest BCUT2D eigenvalue weighted by molar-refractivity contribution is -0.143. The fourth-order valence-corrected chi connectivity index (χ4v) is 2.12. The van der Waals surface area contributed by atoms with E-state index in [1.54, 1.807) is 6.92 Å². The van der Waals surface area contributed by atoms with E-state index in [1.165, 1.54) is 11.8 Å². The number of thioether (sulfide) groups is 1. The lowest BCUT2D eigenvalue weighted by Gasteiger charge is -2.08. The SMILES string of the molecule is CCC(=O)OCCCCSC(CC)C(=O)O. The number of carbonyl (C=O) groups is 2. The van der Waals surface area contributed by atoms with Crippen LogP contribution >= 0.6 is 11.8 Å². The zero-order valence-corrected chi connectivity index (χ0v) is 10.7. The average molecular weight is 248 g/mol. The van der Waals surface area contributed by atoms with Crippen LogP contribution in [-0.4, -0.2) is 34.7 Å². The van der Waals surface area contributed by atoms with Crippen LogP contribution in [0, 0.1) is 0 Å². The Hall–Kier alpha value is -0.710. The Morgan fingerprint density at radius 2 is 2.00 bits per heavy atom. The molecule has 0 rings (SSSR count). The van der Waals surface area contributed by atoms with Crippen LogP contribution in [0.4, 0.5) is 0 Å². The van der Waals surface area contributed by atoms with Crippen molar-refractivity contribution in [1.29, 1.82) is 0 Å². The Balaban J connectivity index is 3.39. The molecule has 1 N–H and O–H groups in total. The van der Waals surface area contributed by atoms with Gasteiger partial charge in [-0.1, -0.05) is 13.8 Å². The monoisotopic (exact) mass is 248 g/mol. The van der Waals surface area contributed by atoms with Gasteiger partial charge in [0.1, 0.15) is 5.25 Å². The van der Waals surface area contributed by atoms with Gasteiger partial charge in [-0.25, -0.2) is 0 Å². The van der Waals surface area contributed by atoms with Crippen molar-refractivity contribution in [1.82, 2.24) is 0 Å². The average Bonchev–Trinajstić information content (AvgIpc) is 2.27. The molecule has 0 amide bonds. The van der Waals surface area contributed by atoms with Crippen LogP contribution < -0.4 is 0 Å². The predicted octanol–water partition coefficient (Wildman–Crippen LogP) is 2.32. The molecule has 5 heteroatoms. The molecular formula is C11H20O4S. The van der Waals surface area contributed by atoms with Gasteiger partial charge in [0.25, 0.3) is 0 Å². The van der Waals surface area contributed by atoms with Crippen molar-refractivity contribution >= 4 is 23.7 Å². The zero-order valence-electron chi connectivity index (χ0n) is 9.90. The molecule has 0 aromatic rings. The second kappa shape index (κ2) is 9.51. The van der Waals surface area contributed by atoms with Crippen molar-refractivity contribution in [2.45, 2.75) is 44.8 Å². The highest BCUT2D eigenvalue weighted by atomic mass is 32.2. The van der Waals surface area contributed by atoms with Gasteiger partial charge in [-0.15, -0.1) is 11.8 Å². The van der Waals surface area contributed by atoms with Gasteiger partial charge < -0.3 is 9.84 Å². The molecule has 0 aromatic carbocycles. The van der Waals surface area contributed by atoms with E-state index in [1.807, 2.05) is 6.92 Å². The molecule has 0 spiro atoms. The van der Waals surface area contributed by atoms with Gasteiger partial charge in [0, 0.05) is 6.42 Å². The third-order valence-electron chi connectivity index (χ3n) is 2.06. The first-order valence-electron chi connectivity index (χ1n) is 5.61. The van der Waals surface area contributed by atoms with E-state index in [-0.39, 0.29) is 11.2 Å². The van der Waals surface area contributed by atoms with Crippen LogP contribution in [0.1, 0.15) is 39.5 Å². The van der Waals surface area contributed by atoms with Crippen molar-refractivity contribution in [3.8, 4) is 0 Å². The standard InChI is InChI=1S/C11H20O4S/c1-3-9(11(13)14)16-8-6-5-7-15-10(12)4-2/h9H,3-8H2,1-2H3,(H,13,14). The van der Waals surface area contributed by atoms with E-state index < -0.39 is 5.97 Å². The summed E-state index contributed by atoms with van der Waals surface area (Å²) in [6.07, 6.45) is 2.73. The predicted molar refractivity (Wildman–Crippen MR) is 64.7 cm³/mol. The molecule has 0 aliphatic carbocycles. The summed E-state index contributed by atoms with van der Waals surface area (Å²) in [5.41, 5.74) is 0. The van der Waals surface area contributed by atoms with Crippen molar-refractivity contribution in [2.24, 2.45) is 0 Å². The Kier molecular flexibility index (Phi) is 9.09. The van der Waals surface area contributed by atoms with Gasteiger partial charge >= 0.3 is 11.9 Å². The lowest BCUT2D eigenvalue weighted by atomic mass is 10.3. The van der Waals surface area contributed by atoms with Crippen LogP contribution in [0.5, 0.6) is 0 Å². The Morgan fingerprint density at radius 1 is 1.31 bits per heavy atom. The largest absolute Gasteiger partial charge is 0.480 e. The minimum absolute atomic E-state index is 0.176. The van der Waals surface area contributed by atoms with Crippen molar-refractivity contribution in [3.05, 3.63) is 0 Å². The first-order chi connectivity index (χ1) is 7.61. The molecule has 0 aromatic heterocycles. The maximum Gasteiger partial charge on any atom is 0.316 e. The summed E-state index contributed by atoms with van der Waals surface area (Å²) in [5.74, 6) is -0.122. The number of carboxylic acids is 1. The first kappa shape index (κ1) is 15.3. The molecule has 0 saturated heterocycles. The van der Waals surface area contributed by atoms with Gasteiger partial charge in [0.15, 0.2) is 0 Å². The molecule has 0 radical (unpaired) electrons. The molecule has 0 heterocycles. The minimum atomic E-state index is -0.745. The maximum absolute atomic E-state index is 10.8. The molecular weight excluding hydrogens is 228 g/mol. The summed E-state index contributed by atoms with van der Waals surface area (Å²) in [5, 5.41) is 8.48. The first-order valence-corrected chi connectivity index (χ1v) is 6.66. The normalized spacial score (nSPS) is 12.1. The number of hydrogen-bond donors (Lipinski definition) is 1. The Morgan fingerprint density at radius 3 is 2.50 bits per heavy atom. The lowest BCUT2D eigenvalue weighted by Crippen LogP contribution is -2.15. The maximum atomic E-state index is 10.8. The number of aliphatic carboxylic acids is 1. The van der Waals surface area contributed by atoms with Gasteiger partial charge in [-0.05, 0) is 25.0 Å². The number of hydrogen-bond acceptors (Lipinski definition) is 4. The zero-order chi connectivity index (χ0) is 12.4. The third-order valence-corrected chi connectivity index (χ3v) is 3.52. The highest BCUT2D eigenvalue weighted by molar-refractivity contribution is 8.00. The summed E-state index contributed by atoms with van der Waals surface area (Å²) < 4.78 is 4.91. The molecule has 0 bridgehead atoms. The van der Waals surface area contributed by atoms with Crippen molar-refractivity contribution in [3.63, 3.8) is 0 Å². The summed E-state index contributed by atoms with van der Waals surface area (Å²) >= 11 is 1.45. The second-order valence-corrected chi connectivity index (χ2v) is 4.70. The topological polar surface area (TPSA) is 63.6 Å². The number of carbonyl (C=O) groups excluding carboxylic acids is 1. The van der Waals surface area contributed by atoms with E-state index >= 15 is 0 Å². The Labute approximate surface area is 101 Å². The summed E-state index contributed by atoms with van der Waals surface area (Å²) in [4.78, 5) is 21.5. The molecule has 0 aliphatic heterocycles. The molecule has 94 valence electrons. The molecule has 1 atom stereocenters. The smallest absolute Gasteiger partial charge is 0.316 e. The fourth-order valence-electron chi connectivity index (χ4n) is 1.08. The van der Waals surface area contributed by atoms with Crippen LogP contribution in [-0.2, 0) is 14.3 Å². The second-order valence-electron chi connectivity index (χ2n) is 3.39. The van der Waals surface area contributed by atoms with Crippen LogP contribution in [0.3, 0.4) is 0 Å². The van der Waals surface area contributed by atoms with Crippen molar-refractivity contribution in [2.75, 3.05) is 12.4 Å². The van der Waals surface area contributed by atoms with E-state index in [4.69, 9.17) is 9.84 Å². The van der Waals surface area contributed by atoms with Gasteiger partial charge in [-0.3, -0.25) is 9.59 Å². The van der Waals surface area contributed by atoms with Crippen LogP contribution in [0.2, 0.25) is 0 Å². The summed E-state index contributed by atoms with van der Waals surface area (Å²) in [7, 11) is 0. The summed E-state index contributed by atoms with van der Waals surface area (Å²) in [6.45, 7) is 4.07. The fraction of sp³-hybridized carbons (Fsp3) is 0.818. The minimum Gasteiger partial charge on any atom is -0.480 e.